The Hall–Kier alpha value is -1.01. The number of hydrogen-bond donors (Lipinski definition) is 1. The van der Waals surface area contributed by atoms with Crippen LogP contribution in [0.2, 0.25) is 0 Å². The summed E-state index contributed by atoms with van der Waals surface area (Å²) in [6, 6.07) is 4.07. The summed E-state index contributed by atoms with van der Waals surface area (Å²) in [6.07, 6.45) is 2.96. The van der Waals surface area contributed by atoms with Crippen molar-refractivity contribution >= 4 is 9.84 Å². The molecule has 1 N–H and O–H groups in total. The third-order valence-electron chi connectivity index (χ3n) is 3.83. The van der Waals surface area contributed by atoms with E-state index in [0.717, 1.165) is 24.5 Å². The summed E-state index contributed by atoms with van der Waals surface area (Å²) in [5.74, 6) is -1.18. The summed E-state index contributed by atoms with van der Waals surface area (Å²) < 4.78 is 49.1. The van der Waals surface area contributed by atoms with Gasteiger partial charge in [0.2, 0.25) is 0 Å². The van der Waals surface area contributed by atoms with Crippen LogP contribution in [0, 0.1) is 11.6 Å². The first-order chi connectivity index (χ1) is 9.85. The predicted octanol–water partition coefficient (Wildman–Crippen LogP) is 2.45. The predicted molar refractivity (Wildman–Crippen MR) is 79.0 cm³/mol. The molecule has 2 rings (SSSR count). The van der Waals surface area contributed by atoms with Gasteiger partial charge in [-0.2, -0.15) is 0 Å². The Morgan fingerprint density at radius 3 is 2.76 bits per heavy atom. The topological polar surface area (TPSA) is 46.2 Å². The van der Waals surface area contributed by atoms with E-state index in [4.69, 9.17) is 0 Å². The average Bonchev–Trinajstić information content (AvgIpc) is 2.39. The molecule has 0 unspecified atom stereocenters. The molecule has 1 heterocycles. The molecule has 1 saturated heterocycles. The van der Waals surface area contributed by atoms with Crippen LogP contribution in [0.25, 0.3) is 0 Å². The van der Waals surface area contributed by atoms with Gasteiger partial charge in [-0.3, -0.25) is 0 Å². The standard InChI is InChI=1S/C15H21F2NO2S/c1-11(18-13-3-2-8-21(19,20)10-13)4-5-12-6-7-14(16)15(17)9-12/h6-7,9,11,13,18H,2-5,8,10H2,1H3/t11-,13-/m1/s1. The van der Waals surface area contributed by atoms with Crippen LogP contribution in [0.1, 0.15) is 31.7 Å². The van der Waals surface area contributed by atoms with Crippen LogP contribution in [0.5, 0.6) is 0 Å². The third kappa shape index (κ3) is 5.04. The van der Waals surface area contributed by atoms with Crippen molar-refractivity contribution in [2.45, 2.75) is 44.7 Å². The molecular weight excluding hydrogens is 296 g/mol. The van der Waals surface area contributed by atoms with Crippen LogP contribution >= 0.6 is 0 Å². The number of rotatable bonds is 5. The maximum absolute atomic E-state index is 13.1. The molecule has 21 heavy (non-hydrogen) atoms. The monoisotopic (exact) mass is 317 g/mol. The Labute approximate surface area is 124 Å². The largest absolute Gasteiger partial charge is 0.310 e. The molecule has 1 fully saturated rings. The maximum Gasteiger partial charge on any atom is 0.159 e. The summed E-state index contributed by atoms with van der Waals surface area (Å²) in [5.41, 5.74) is 0.749. The lowest BCUT2D eigenvalue weighted by atomic mass is 10.0. The van der Waals surface area contributed by atoms with Gasteiger partial charge >= 0.3 is 0 Å². The lowest BCUT2D eigenvalue weighted by molar-refractivity contribution is 0.415. The minimum Gasteiger partial charge on any atom is -0.310 e. The number of hydrogen-bond acceptors (Lipinski definition) is 3. The number of benzene rings is 1. The van der Waals surface area contributed by atoms with Gasteiger partial charge in [0.25, 0.3) is 0 Å². The molecule has 0 bridgehead atoms. The molecule has 0 aliphatic carbocycles. The Balaban J connectivity index is 1.81. The first-order valence-corrected chi connectivity index (χ1v) is 9.08. The van der Waals surface area contributed by atoms with E-state index in [2.05, 4.69) is 5.32 Å². The molecule has 0 saturated carbocycles. The van der Waals surface area contributed by atoms with Gasteiger partial charge in [-0.1, -0.05) is 6.07 Å². The van der Waals surface area contributed by atoms with Crippen molar-refractivity contribution in [1.29, 1.82) is 0 Å². The highest BCUT2D eigenvalue weighted by Crippen LogP contribution is 2.15. The number of halogens is 2. The molecule has 1 aliphatic heterocycles. The summed E-state index contributed by atoms with van der Waals surface area (Å²) >= 11 is 0. The van der Waals surface area contributed by atoms with Gasteiger partial charge in [0.05, 0.1) is 11.5 Å². The second-order valence-electron chi connectivity index (χ2n) is 5.81. The van der Waals surface area contributed by atoms with Gasteiger partial charge in [0, 0.05) is 12.1 Å². The van der Waals surface area contributed by atoms with Crippen LogP contribution in [0.15, 0.2) is 18.2 Å². The van der Waals surface area contributed by atoms with Gasteiger partial charge in [-0.25, -0.2) is 17.2 Å². The second-order valence-corrected chi connectivity index (χ2v) is 8.04. The Morgan fingerprint density at radius 1 is 1.33 bits per heavy atom. The van der Waals surface area contributed by atoms with Crippen molar-refractivity contribution < 1.29 is 17.2 Å². The summed E-state index contributed by atoms with van der Waals surface area (Å²) in [5, 5.41) is 3.32. The fourth-order valence-electron chi connectivity index (χ4n) is 2.72. The van der Waals surface area contributed by atoms with Crippen LogP contribution < -0.4 is 5.32 Å². The third-order valence-corrected chi connectivity index (χ3v) is 5.65. The van der Waals surface area contributed by atoms with Crippen LogP contribution in [-0.4, -0.2) is 32.0 Å². The smallest absolute Gasteiger partial charge is 0.159 e. The van der Waals surface area contributed by atoms with E-state index >= 15 is 0 Å². The van der Waals surface area contributed by atoms with Crippen LogP contribution in [0.3, 0.4) is 0 Å². The fourth-order valence-corrected chi connectivity index (χ4v) is 4.37. The van der Waals surface area contributed by atoms with Crippen molar-refractivity contribution in [3.05, 3.63) is 35.4 Å². The van der Waals surface area contributed by atoms with E-state index in [1.54, 1.807) is 6.07 Å². The molecule has 0 aromatic heterocycles. The molecule has 6 heteroatoms. The van der Waals surface area contributed by atoms with E-state index in [9.17, 15) is 17.2 Å². The van der Waals surface area contributed by atoms with Gasteiger partial charge in [0.15, 0.2) is 21.5 Å². The SMILES string of the molecule is C[C@H](CCc1ccc(F)c(F)c1)N[C@@H]1CCCS(=O)(=O)C1. The van der Waals surface area contributed by atoms with Gasteiger partial charge < -0.3 is 5.32 Å². The van der Waals surface area contributed by atoms with Crippen molar-refractivity contribution in [2.75, 3.05) is 11.5 Å². The van der Waals surface area contributed by atoms with E-state index in [-0.39, 0.29) is 23.6 Å². The fraction of sp³-hybridized carbons (Fsp3) is 0.600. The van der Waals surface area contributed by atoms with E-state index in [1.807, 2.05) is 6.92 Å². The lowest BCUT2D eigenvalue weighted by Gasteiger charge is -2.26. The first-order valence-electron chi connectivity index (χ1n) is 7.26. The summed E-state index contributed by atoms with van der Waals surface area (Å²) in [4.78, 5) is 0. The molecule has 1 aromatic rings. The first kappa shape index (κ1) is 16.4. The molecule has 0 radical (unpaired) electrons. The highest BCUT2D eigenvalue weighted by atomic mass is 32.2. The molecule has 3 nitrogen and oxygen atoms in total. The average molecular weight is 317 g/mol. The molecule has 0 spiro atoms. The quantitative estimate of drug-likeness (QED) is 0.907. The molecule has 1 aromatic carbocycles. The summed E-state index contributed by atoms with van der Waals surface area (Å²) in [7, 11) is -2.91. The molecular formula is C15H21F2NO2S. The highest BCUT2D eigenvalue weighted by Gasteiger charge is 2.25. The summed E-state index contributed by atoms with van der Waals surface area (Å²) in [6.45, 7) is 1.99. The van der Waals surface area contributed by atoms with Crippen molar-refractivity contribution in [2.24, 2.45) is 0 Å². The maximum atomic E-state index is 13.1. The zero-order valence-electron chi connectivity index (χ0n) is 12.1. The second kappa shape index (κ2) is 6.83. The van der Waals surface area contributed by atoms with Crippen LogP contribution in [-0.2, 0) is 16.3 Å². The van der Waals surface area contributed by atoms with Crippen molar-refractivity contribution in [1.82, 2.24) is 5.32 Å². The lowest BCUT2D eigenvalue weighted by Crippen LogP contribution is -2.44. The molecule has 2 atom stereocenters. The highest BCUT2D eigenvalue weighted by molar-refractivity contribution is 7.91. The zero-order chi connectivity index (χ0) is 15.5. The van der Waals surface area contributed by atoms with Crippen molar-refractivity contribution in [3.8, 4) is 0 Å². The number of nitrogens with one attached hydrogen (secondary N) is 1. The van der Waals surface area contributed by atoms with Gasteiger partial charge in [0.1, 0.15) is 0 Å². The minimum absolute atomic E-state index is 0.00343. The Bertz CT molecular complexity index is 589. The van der Waals surface area contributed by atoms with Gasteiger partial charge in [-0.15, -0.1) is 0 Å². The minimum atomic E-state index is -2.91. The zero-order valence-corrected chi connectivity index (χ0v) is 12.9. The molecule has 1 aliphatic rings. The van der Waals surface area contributed by atoms with E-state index < -0.39 is 21.5 Å². The van der Waals surface area contributed by atoms with Crippen molar-refractivity contribution in [3.63, 3.8) is 0 Å². The number of aryl methyl sites for hydroxylation is 1. The van der Waals surface area contributed by atoms with E-state index in [1.165, 1.54) is 6.07 Å². The number of sulfone groups is 1. The van der Waals surface area contributed by atoms with Gasteiger partial charge in [-0.05, 0) is 50.3 Å². The van der Waals surface area contributed by atoms with Crippen LogP contribution in [0.4, 0.5) is 8.78 Å². The Morgan fingerprint density at radius 2 is 2.10 bits per heavy atom. The van der Waals surface area contributed by atoms with E-state index in [0.29, 0.717) is 12.8 Å². The molecule has 0 amide bonds. The molecule has 118 valence electrons. The Kier molecular flexibility index (Phi) is 5.32. The normalized spacial score (nSPS) is 22.9.